The van der Waals surface area contributed by atoms with Gasteiger partial charge in [-0.25, -0.2) is 0 Å². The summed E-state index contributed by atoms with van der Waals surface area (Å²) in [6, 6.07) is 17.9. The summed E-state index contributed by atoms with van der Waals surface area (Å²) in [6.45, 7) is 0.190. The van der Waals surface area contributed by atoms with Crippen LogP contribution in [-0.4, -0.2) is 31.1 Å². The molecule has 1 saturated carbocycles. The number of primary amides is 1. The number of hydrogen-bond donors (Lipinski definition) is 1. The van der Waals surface area contributed by atoms with E-state index in [-0.39, 0.29) is 18.4 Å². The zero-order chi connectivity index (χ0) is 21.3. The number of benzodiazepines with no additional fused rings is 1. The van der Waals surface area contributed by atoms with Crippen LogP contribution in [0.15, 0.2) is 59.6 Å². The molecule has 2 aromatic carbocycles. The van der Waals surface area contributed by atoms with Crippen molar-refractivity contribution in [1.82, 2.24) is 0 Å². The summed E-state index contributed by atoms with van der Waals surface area (Å²) in [7, 11) is 1.80. The first-order valence-corrected chi connectivity index (χ1v) is 10.8. The van der Waals surface area contributed by atoms with E-state index in [9.17, 15) is 9.59 Å². The normalized spacial score (nSPS) is 16.6. The van der Waals surface area contributed by atoms with Crippen molar-refractivity contribution in [3.8, 4) is 0 Å². The summed E-state index contributed by atoms with van der Waals surface area (Å²) in [5.74, 6) is 0.658. The van der Waals surface area contributed by atoms with Crippen molar-refractivity contribution in [1.29, 1.82) is 0 Å². The summed E-state index contributed by atoms with van der Waals surface area (Å²) >= 11 is 0. The van der Waals surface area contributed by atoms with Crippen LogP contribution in [0.25, 0.3) is 0 Å². The van der Waals surface area contributed by atoms with Gasteiger partial charge in [-0.15, -0.1) is 0 Å². The lowest BCUT2D eigenvalue weighted by Gasteiger charge is -2.20. The highest BCUT2D eigenvalue weighted by atomic mass is 16.2. The summed E-state index contributed by atoms with van der Waals surface area (Å²) in [5, 5.41) is 0. The fourth-order valence-corrected chi connectivity index (χ4v) is 4.10. The van der Waals surface area contributed by atoms with Gasteiger partial charge in [0.1, 0.15) is 6.54 Å². The third kappa shape index (κ3) is 5.78. The molecule has 5 nitrogen and oxygen atoms in total. The van der Waals surface area contributed by atoms with E-state index in [4.69, 9.17) is 5.73 Å². The number of para-hydroxylation sites is 1. The standard InChI is InChI=1S/C16H14N2O.C9H17NO/c1-18-14-10-6-5-9-13(14)16(17-11-15(18)19)12-7-3-2-4-8-12;10-9(11)7-6-8-4-2-1-3-5-8/h2-10H,11H2,1H3;8H,1-7H2,(H2,10,11). The summed E-state index contributed by atoms with van der Waals surface area (Å²) in [4.78, 5) is 28.6. The van der Waals surface area contributed by atoms with Crippen LogP contribution in [0.2, 0.25) is 0 Å². The Morgan fingerprint density at radius 2 is 1.70 bits per heavy atom. The summed E-state index contributed by atoms with van der Waals surface area (Å²) < 4.78 is 0. The van der Waals surface area contributed by atoms with E-state index < -0.39 is 0 Å². The van der Waals surface area contributed by atoms with Gasteiger partial charge >= 0.3 is 0 Å². The van der Waals surface area contributed by atoms with Crippen molar-refractivity contribution in [3.05, 3.63) is 65.7 Å². The Balaban J connectivity index is 0.000000199. The number of carbonyl (C=O) groups excluding carboxylic acids is 2. The van der Waals surface area contributed by atoms with Gasteiger partial charge in [0.25, 0.3) is 0 Å². The lowest BCUT2D eigenvalue weighted by atomic mass is 9.86. The van der Waals surface area contributed by atoms with Gasteiger partial charge in [-0.2, -0.15) is 0 Å². The molecule has 0 radical (unpaired) electrons. The SMILES string of the molecule is CN1C(=O)CN=C(c2ccccc2)c2ccccc21.NC(=O)CCC1CCCCC1. The second-order valence-corrected chi connectivity index (χ2v) is 8.01. The van der Waals surface area contributed by atoms with Crippen LogP contribution in [0, 0.1) is 5.92 Å². The van der Waals surface area contributed by atoms with E-state index in [1.54, 1.807) is 11.9 Å². The number of nitrogens with two attached hydrogens (primary N) is 1. The third-order valence-corrected chi connectivity index (χ3v) is 5.84. The molecule has 0 atom stereocenters. The highest BCUT2D eigenvalue weighted by Crippen LogP contribution is 2.27. The molecule has 1 heterocycles. The number of anilines is 1. The maximum atomic E-state index is 12.0. The average Bonchev–Trinajstić information content (AvgIpc) is 2.91. The third-order valence-electron chi connectivity index (χ3n) is 5.84. The number of benzene rings is 2. The van der Waals surface area contributed by atoms with Crippen LogP contribution in [0.3, 0.4) is 0 Å². The molecule has 4 rings (SSSR count). The number of amides is 2. The minimum atomic E-state index is -0.143. The van der Waals surface area contributed by atoms with Crippen molar-refractivity contribution in [2.75, 3.05) is 18.5 Å². The Hall–Kier alpha value is -2.95. The van der Waals surface area contributed by atoms with Crippen LogP contribution in [0.4, 0.5) is 5.69 Å². The van der Waals surface area contributed by atoms with Gasteiger partial charge < -0.3 is 10.6 Å². The molecule has 0 spiro atoms. The van der Waals surface area contributed by atoms with Crippen LogP contribution in [0.5, 0.6) is 0 Å². The summed E-state index contributed by atoms with van der Waals surface area (Å²) in [6.07, 6.45) is 8.32. The Morgan fingerprint density at radius 3 is 2.40 bits per heavy atom. The number of hydrogen-bond acceptors (Lipinski definition) is 3. The first-order chi connectivity index (χ1) is 14.6. The molecule has 30 heavy (non-hydrogen) atoms. The van der Waals surface area contributed by atoms with Crippen LogP contribution >= 0.6 is 0 Å². The first-order valence-electron chi connectivity index (χ1n) is 10.8. The number of nitrogens with zero attached hydrogens (tertiary/aromatic N) is 2. The number of fused-ring (bicyclic) bond motifs is 1. The number of aliphatic imine (C=N–C) groups is 1. The molecule has 0 saturated heterocycles. The molecule has 2 N–H and O–H groups in total. The molecule has 1 aliphatic carbocycles. The van der Waals surface area contributed by atoms with Gasteiger partial charge in [-0.3, -0.25) is 14.6 Å². The van der Waals surface area contributed by atoms with Crippen molar-refractivity contribution in [2.45, 2.75) is 44.9 Å². The van der Waals surface area contributed by atoms with Gasteiger partial charge in [0.05, 0.1) is 11.4 Å². The van der Waals surface area contributed by atoms with Crippen molar-refractivity contribution >= 4 is 23.2 Å². The van der Waals surface area contributed by atoms with Gasteiger partial charge in [0.15, 0.2) is 0 Å². The maximum absolute atomic E-state index is 12.0. The highest BCUT2D eigenvalue weighted by molar-refractivity contribution is 6.19. The molecule has 0 bridgehead atoms. The first kappa shape index (κ1) is 21.8. The lowest BCUT2D eigenvalue weighted by molar-refractivity contribution is -0.118. The molecule has 1 fully saturated rings. The molecule has 158 valence electrons. The minimum Gasteiger partial charge on any atom is -0.370 e. The van der Waals surface area contributed by atoms with Gasteiger partial charge in [-0.1, -0.05) is 80.6 Å². The topological polar surface area (TPSA) is 75.8 Å². The van der Waals surface area contributed by atoms with Gasteiger partial charge in [0.2, 0.25) is 11.8 Å². The molecular weight excluding hydrogens is 374 g/mol. The second kappa shape index (κ2) is 10.7. The van der Waals surface area contributed by atoms with E-state index in [1.165, 1.54) is 32.1 Å². The lowest BCUT2D eigenvalue weighted by Crippen LogP contribution is -2.27. The molecule has 0 aromatic heterocycles. The van der Waals surface area contributed by atoms with E-state index in [2.05, 4.69) is 4.99 Å². The maximum Gasteiger partial charge on any atom is 0.248 e. The number of rotatable bonds is 4. The van der Waals surface area contributed by atoms with E-state index in [0.717, 1.165) is 34.9 Å². The van der Waals surface area contributed by atoms with Crippen LogP contribution in [0.1, 0.15) is 56.1 Å². The zero-order valence-electron chi connectivity index (χ0n) is 17.7. The zero-order valence-corrected chi connectivity index (χ0v) is 17.7. The fourth-order valence-electron chi connectivity index (χ4n) is 4.10. The molecule has 2 amide bonds. The number of likely N-dealkylation sites (N-methyl/N-ethyl adjacent to an activating group) is 1. The predicted octanol–water partition coefficient (Wildman–Crippen LogP) is 4.33. The van der Waals surface area contributed by atoms with E-state index in [1.807, 2.05) is 54.6 Å². The largest absolute Gasteiger partial charge is 0.370 e. The molecule has 0 unspecified atom stereocenters. The smallest absolute Gasteiger partial charge is 0.248 e. The Kier molecular flexibility index (Phi) is 7.77. The van der Waals surface area contributed by atoms with Crippen LogP contribution in [-0.2, 0) is 9.59 Å². The Morgan fingerprint density at radius 1 is 1.03 bits per heavy atom. The van der Waals surface area contributed by atoms with Crippen molar-refractivity contribution in [2.24, 2.45) is 16.6 Å². The van der Waals surface area contributed by atoms with Crippen molar-refractivity contribution in [3.63, 3.8) is 0 Å². The van der Waals surface area contributed by atoms with Gasteiger partial charge in [0, 0.05) is 24.6 Å². The number of carbonyl (C=O) groups is 2. The Labute approximate surface area is 179 Å². The average molecular weight is 406 g/mol. The molecule has 2 aromatic rings. The molecule has 1 aliphatic heterocycles. The van der Waals surface area contributed by atoms with Crippen LogP contribution < -0.4 is 10.6 Å². The quantitative estimate of drug-likeness (QED) is 0.822. The van der Waals surface area contributed by atoms with E-state index in [0.29, 0.717) is 6.42 Å². The fraction of sp³-hybridized carbons (Fsp3) is 0.400. The minimum absolute atomic E-state index is 0.0124. The highest BCUT2D eigenvalue weighted by Gasteiger charge is 2.21. The van der Waals surface area contributed by atoms with E-state index >= 15 is 0 Å². The molecule has 2 aliphatic rings. The molecular formula is C25H31N3O2. The van der Waals surface area contributed by atoms with Crippen molar-refractivity contribution < 1.29 is 9.59 Å². The monoisotopic (exact) mass is 405 g/mol. The predicted molar refractivity (Wildman–Crippen MR) is 122 cm³/mol. The summed E-state index contributed by atoms with van der Waals surface area (Å²) in [5.41, 5.74) is 8.91. The van der Waals surface area contributed by atoms with Gasteiger partial charge in [-0.05, 0) is 18.4 Å². The Bertz CT molecular complexity index is 886. The second-order valence-electron chi connectivity index (χ2n) is 8.01. The molecule has 5 heteroatoms.